The van der Waals surface area contributed by atoms with Gasteiger partial charge in [0.25, 0.3) is 0 Å². The van der Waals surface area contributed by atoms with Crippen molar-refractivity contribution in [3.8, 4) is 0 Å². The van der Waals surface area contributed by atoms with Gasteiger partial charge in [-0.3, -0.25) is 9.89 Å². The van der Waals surface area contributed by atoms with E-state index in [9.17, 15) is 4.79 Å². The fraction of sp³-hybridized carbons (Fsp3) is 0.526. The van der Waals surface area contributed by atoms with E-state index in [4.69, 9.17) is 4.74 Å². The first-order valence-electron chi connectivity index (χ1n) is 8.96. The van der Waals surface area contributed by atoms with E-state index in [2.05, 4.69) is 40.3 Å². The molecule has 2 aromatic rings. The molecule has 0 spiro atoms. The number of likely N-dealkylation sites (tertiary alicyclic amines) is 1. The van der Waals surface area contributed by atoms with Crippen LogP contribution in [0.4, 0.5) is 0 Å². The van der Waals surface area contributed by atoms with Crippen LogP contribution in [0.25, 0.3) is 0 Å². The van der Waals surface area contributed by atoms with Gasteiger partial charge in [0.15, 0.2) is 5.82 Å². The van der Waals surface area contributed by atoms with Gasteiger partial charge in [0.05, 0.1) is 18.8 Å². The summed E-state index contributed by atoms with van der Waals surface area (Å²) in [4.78, 5) is 19.1. The Bertz CT molecular complexity index is 768. The standard InChI is InChI=1S/C19H24N4O2/c1-12-4-3-5-14(8-12)11-25-16-9-17(18-20-13(2)21-22-18)23(10-16)19(24)15-6-7-15/h3-5,8,15-17H,6-7,9-11H2,1-2H3,(H,20,21,22)/t16-,17-/m0/s1. The maximum absolute atomic E-state index is 12.7. The number of hydrogen-bond donors (Lipinski definition) is 1. The summed E-state index contributed by atoms with van der Waals surface area (Å²) in [5.41, 5.74) is 2.39. The molecule has 0 unspecified atom stereocenters. The molecule has 1 aliphatic heterocycles. The number of carbonyl (C=O) groups excluding carboxylic acids is 1. The van der Waals surface area contributed by atoms with Gasteiger partial charge in [-0.25, -0.2) is 4.98 Å². The molecule has 1 saturated heterocycles. The number of rotatable bonds is 5. The van der Waals surface area contributed by atoms with Crippen LogP contribution in [-0.4, -0.2) is 38.6 Å². The third-order valence-electron chi connectivity index (χ3n) is 4.95. The Morgan fingerprint density at radius 3 is 2.88 bits per heavy atom. The zero-order valence-corrected chi connectivity index (χ0v) is 14.7. The minimum Gasteiger partial charge on any atom is -0.372 e. The van der Waals surface area contributed by atoms with E-state index in [1.54, 1.807) is 0 Å². The average Bonchev–Trinajstić information content (AvgIpc) is 3.22. The zero-order valence-electron chi connectivity index (χ0n) is 14.7. The largest absolute Gasteiger partial charge is 0.372 e. The van der Waals surface area contributed by atoms with E-state index in [0.717, 1.165) is 30.7 Å². The molecule has 1 aliphatic carbocycles. The van der Waals surface area contributed by atoms with Gasteiger partial charge < -0.3 is 9.64 Å². The summed E-state index contributed by atoms with van der Waals surface area (Å²) in [6.45, 7) is 5.15. The number of aryl methyl sites for hydroxylation is 2. The number of H-pyrrole nitrogens is 1. The summed E-state index contributed by atoms with van der Waals surface area (Å²) < 4.78 is 6.12. The molecule has 2 heterocycles. The zero-order chi connectivity index (χ0) is 17.4. The van der Waals surface area contributed by atoms with E-state index in [1.807, 2.05) is 17.9 Å². The van der Waals surface area contributed by atoms with Crippen molar-refractivity contribution >= 4 is 5.91 Å². The SMILES string of the molecule is Cc1cccc(CO[C@H]2C[C@@H](c3n[nH]c(C)n3)N(C(=O)C3CC3)C2)c1. The number of amides is 1. The fourth-order valence-corrected chi connectivity index (χ4v) is 3.50. The molecule has 2 aliphatic rings. The molecule has 1 aromatic carbocycles. The highest BCUT2D eigenvalue weighted by Crippen LogP contribution is 2.38. The van der Waals surface area contributed by atoms with Crippen molar-refractivity contribution in [2.75, 3.05) is 6.54 Å². The highest BCUT2D eigenvalue weighted by molar-refractivity contribution is 5.81. The molecular formula is C19H24N4O2. The molecule has 6 heteroatoms. The van der Waals surface area contributed by atoms with Crippen LogP contribution in [-0.2, 0) is 16.1 Å². The van der Waals surface area contributed by atoms with Crippen LogP contribution in [0, 0.1) is 19.8 Å². The van der Waals surface area contributed by atoms with E-state index in [1.165, 1.54) is 5.56 Å². The van der Waals surface area contributed by atoms with Gasteiger partial charge in [-0.15, -0.1) is 0 Å². The second kappa shape index (κ2) is 6.59. The number of benzene rings is 1. The molecule has 1 saturated carbocycles. The van der Waals surface area contributed by atoms with Crippen molar-refractivity contribution in [1.29, 1.82) is 0 Å². The first-order chi connectivity index (χ1) is 12.1. The highest BCUT2D eigenvalue weighted by Gasteiger charge is 2.43. The lowest BCUT2D eigenvalue weighted by atomic mass is 10.1. The van der Waals surface area contributed by atoms with Crippen LogP contribution in [0.15, 0.2) is 24.3 Å². The maximum Gasteiger partial charge on any atom is 0.226 e. The smallest absolute Gasteiger partial charge is 0.226 e. The molecule has 0 bridgehead atoms. The lowest BCUT2D eigenvalue weighted by Gasteiger charge is -2.22. The number of carbonyl (C=O) groups is 1. The van der Waals surface area contributed by atoms with Crippen LogP contribution >= 0.6 is 0 Å². The van der Waals surface area contributed by atoms with Crippen molar-refractivity contribution in [3.63, 3.8) is 0 Å². The van der Waals surface area contributed by atoms with E-state index in [0.29, 0.717) is 19.0 Å². The van der Waals surface area contributed by atoms with Gasteiger partial charge >= 0.3 is 0 Å². The molecule has 1 aromatic heterocycles. The first kappa shape index (κ1) is 16.3. The normalized spacial score (nSPS) is 23.2. The van der Waals surface area contributed by atoms with E-state index >= 15 is 0 Å². The predicted molar refractivity (Wildman–Crippen MR) is 92.7 cm³/mol. The Balaban J connectivity index is 1.46. The summed E-state index contributed by atoms with van der Waals surface area (Å²) in [5, 5.41) is 7.18. The second-order valence-corrected chi connectivity index (χ2v) is 7.22. The average molecular weight is 340 g/mol. The summed E-state index contributed by atoms with van der Waals surface area (Å²) in [6.07, 6.45) is 2.78. The van der Waals surface area contributed by atoms with Crippen molar-refractivity contribution in [3.05, 3.63) is 47.0 Å². The Hall–Kier alpha value is -2.21. The van der Waals surface area contributed by atoms with Crippen LogP contribution in [0.3, 0.4) is 0 Å². The molecule has 132 valence electrons. The number of ether oxygens (including phenoxy) is 1. The van der Waals surface area contributed by atoms with Gasteiger partial charge in [-0.1, -0.05) is 29.8 Å². The third-order valence-corrected chi connectivity index (χ3v) is 4.95. The molecule has 0 radical (unpaired) electrons. The molecule has 1 N–H and O–H groups in total. The van der Waals surface area contributed by atoms with Gasteiger partial charge in [0.2, 0.25) is 5.91 Å². The molecule has 6 nitrogen and oxygen atoms in total. The molecule has 2 atom stereocenters. The summed E-state index contributed by atoms with van der Waals surface area (Å²) >= 11 is 0. The Labute approximate surface area is 147 Å². The maximum atomic E-state index is 12.7. The minimum absolute atomic E-state index is 0.0204. The lowest BCUT2D eigenvalue weighted by Crippen LogP contribution is -2.33. The lowest BCUT2D eigenvalue weighted by molar-refractivity contribution is -0.134. The first-order valence-corrected chi connectivity index (χ1v) is 8.96. The summed E-state index contributed by atoms with van der Waals surface area (Å²) in [7, 11) is 0. The van der Waals surface area contributed by atoms with Crippen molar-refractivity contribution < 1.29 is 9.53 Å². The number of aromatic amines is 1. The molecular weight excluding hydrogens is 316 g/mol. The molecule has 4 rings (SSSR count). The molecule has 25 heavy (non-hydrogen) atoms. The monoisotopic (exact) mass is 340 g/mol. The van der Waals surface area contributed by atoms with E-state index < -0.39 is 0 Å². The van der Waals surface area contributed by atoms with Crippen LogP contribution in [0.2, 0.25) is 0 Å². The molecule has 2 fully saturated rings. The number of nitrogens with one attached hydrogen (secondary N) is 1. The summed E-state index contributed by atoms with van der Waals surface area (Å²) in [6, 6.07) is 8.26. The Kier molecular flexibility index (Phi) is 4.29. The topological polar surface area (TPSA) is 71.1 Å². The Morgan fingerprint density at radius 1 is 1.36 bits per heavy atom. The Morgan fingerprint density at radius 2 is 2.20 bits per heavy atom. The highest BCUT2D eigenvalue weighted by atomic mass is 16.5. The van der Waals surface area contributed by atoms with Gasteiger partial charge in [0, 0.05) is 18.9 Å². The van der Waals surface area contributed by atoms with Crippen molar-refractivity contribution in [2.45, 2.75) is 51.9 Å². The predicted octanol–water partition coefficient (Wildman–Crippen LogP) is 2.69. The van der Waals surface area contributed by atoms with Crippen LogP contribution in [0.1, 0.15) is 48.1 Å². The number of nitrogens with zero attached hydrogens (tertiary/aromatic N) is 3. The third kappa shape index (κ3) is 3.58. The van der Waals surface area contributed by atoms with E-state index in [-0.39, 0.29) is 24.0 Å². The number of aromatic nitrogens is 3. The minimum atomic E-state index is -0.0828. The fourth-order valence-electron chi connectivity index (χ4n) is 3.50. The quantitative estimate of drug-likeness (QED) is 0.908. The van der Waals surface area contributed by atoms with Crippen LogP contribution < -0.4 is 0 Å². The van der Waals surface area contributed by atoms with Crippen LogP contribution in [0.5, 0.6) is 0 Å². The summed E-state index contributed by atoms with van der Waals surface area (Å²) in [5.74, 6) is 1.90. The second-order valence-electron chi connectivity index (χ2n) is 7.22. The van der Waals surface area contributed by atoms with Gasteiger partial charge in [0.1, 0.15) is 5.82 Å². The van der Waals surface area contributed by atoms with Crippen molar-refractivity contribution in [2.24, 2.45) is 5.92 Å². The number of hydrogen-bond acceptors (Lipinski definition) is 4. The van der Waals surface area contributed by atoms with Gasteiger partial charge in [-0.2, -0.15) is 5.10 Å². The molecule has 1 amide bonds. The van der Waals surface area contributed by atoms with Crippen molar-refractivity contribution in [1.82, 2.24) is 20.1 Å². The van der Waals surface area contributed by atoms with Gasteiger partial charge in [-0.05, 0) is 32.3 Å².